The van der Waals surface area contributed by atoms with E-state index in [9.17, 15) is 4.79 Å². The number of pyridine rings is 1. The van der Waals surface area contributed by atoms with E-state index in [2.05, 4.69) is 15.2 Å². The molecule has 0 radical (unpaired) electrons. The zero-order chi connectivity index (χ0) is 26.0. The second-order valence-electron chi connectivity index (χ2n) is 9.38. The van der Waals surface area contributed by atoms with Gasteiger partial charge in [0.15, 0.2) is 0 Å². The summed E-state index contributed by atoms with van der Waals surface area (Å²) in [5.74, 6) is 0.842. The van der Waals surface area contributed by atoms with E-state index in [-0.39, 0.29) is 6.10 Å². The van der Waals surface area contributed by atoms with Gasteiger partial charge in [-0.05, 0) is 86.8 Å². The fraction of sp³-hybridized carbons (Fsp3) is 0.345. The van der Waals surface area contributed by atoms with E-state index < -0.39 is 0 Å². The van der Waals surface area contributed by atoms with Gasteiger partial charge in [0.1, 0.15) is 18.1 Å². The van der Waals surface area contributed by atoms with Gasteiger partial charge in [-0.1, -0.05) is 6.07 Å². The van der Waals surface area contributed by atoms with Gasteiger partial charge in [-0.2, -0.15) is 0 Å². The Morgan fingerprint density at radius 1 is 1.16 bits per heavy atom. The molecule has 0 aliphatic carbocycles. The number of hydrogen-bond donors (Lipinski definition) is 3. The smallest absolute Gasteiger partial charge is 0.150 e. The van der Waals surface area contributed by atoms with Crippen molar-refractivity contribution in [2.45, 2.75) is 31.5 Å². The molecule has 8 heteroatoms. The maximum atomic E-state index is 11.0. The molecular formula is C29H36N5O2P. The summed E-state index contributed by atoms with van der Waals surface area (Å²) in [6, 6.07) is 19.3. The van der Waals surface area contributed by atoms with Gasteiger partial charge < -0.3 is 15.8 Å². The quantitative estimate of drug-likeness (QED) is 0.179. The van der Waals surface area contributed by atoms with Crippen LogP contribution in [0.15, 0.2) is 66.9 Å². The summed E-state index contributed by atoms with van der Waals surface area (Å²) < 4.78 is 6.17. The van der Waals surface area contributed by atoms with E-state index in [4.69, 9.17) is 15.9 Å². The fourth-order valence-corrected chi connectivity index (χ4v) is 5.55. The van der Waals surface area contributed by atoms with Crippen molar-refractivity contribution in [1.82, 2.24) is 15.2 Å². The van der Waals surface area contributed by atoms with Gasteiger partial charge in [0, 0.05) is 54.3 Å². The predicted molar refractivity (Wildman–Crippen MR) is 153 cm³/mol. The van der Waals surface area contributed by atoms with Crippen LogP contribution in [-0.2, 0) is 6.54 Å². The average molecular weight is 518 g/mol. The van der Waals surface area contributed by atoms with Crippen LogP contribution in [0.5, 0.6) is 5.75 Å². The zero-order valence-corrected chi connectivity index (χ0v) is 22.3. The summed E-state index contributed by atoms with van der Waals surface area (Å²) in [6.07, 6.45) is 7.76. The van der Waals surface area contributed by atoms with Crippen LogP contribution >= 0.6 is 8.58 Å². The normalized spacial score (nSPS) is 18.4. The van der Waals surface area contributed by atoms with Gasteiger partial charge in [-0.15, -0.1) is 8.58 Å². The average Bonchev–Trinajstić information content (AvgIpc) is 2.90. The minimum atomic E-state index is 0.268. The van der Waals surface area contributed by atoms with Gasteiger partial charge in [0.25, 0.3) is 0 Å². The number of piperidine rings is 1. The van der Waals surface area contributed by atoms with Crippen molar-refractivity contribution in [1.29, 1.82) is 5.41 Å². The Morgan fingerprint density at radius 2 is 1.92 bits per heavy atom. The molecule has 0 spiro atoms. The van der Waals surface area contributed by atoms with Gasteiger partial charge in [0.2, 0.25) is 0 Å². The molecular weight excluding hydrogens is 481 g/mol. The zero-order valence-electron chi connectivity index (χ0n) is 21.3. The molecule has 2 aromatic carbocycles. The largest absolute Gasteiger partial charge is 0.490 e. The second kappa shape index (κ2) is 13.4. The summed E-state index contributed by atoms with van der Waals surface area (Å²) in [5, 5.41) is 11.5. The van der Waals surface area contributed by atoms with Crippen LogP contribution in [0, 0.1) is 5.41 Å². The van der Waals surface area contributed by atoms with Crippen molar-refractivity contribution in [2.24, 2.45) is 0 Å². The number of rotatable bonds is 8. The number of nitrogens with two attached hydrogens (primary N) is 1. The molecule has 0 bridgehead atoms. The van der Waals surface area contributed by atoms with E-state index in [1.165, 1.54) is 20.9 Å². The molecule has 2 aliphatic heterocycles. The highest BCUT2D eigenvalue weighted by atomic mass is 31.1. The number of ether oxygens (including phenoxy) is 1. The first kappa shape index (κ1) is 26.9. The molecule has 194 valence electrons. The summed E-state index contributed by atoms with van der Waals surface area (Å²) in [7, 11) is 3.08. The molecule has 0 unspecified atom stereocenters. The van der Waals surface area contributed by atoms with E-state index in [0.29, 0.717) is 22.5 Å². The Balaban J connectivity index is 0.000000301. The third kappa shape index (κ3) is 7.45. The number of likely N-dealkylation sites (tertiary alicyclic amines) is 1. The maximum Gasteiger partial charge on any atom is 0.150 e. The highest BCUT2D eigenvalue weighted by Gasteiger charge is 2.29. The molecule has 5 rings (SSSR count). The number of benzene rings is 2. The Bertz CT molecular complexity index is 1160. The molecule has 0 saturated carbocycles. The van der Waals surface area contributed by atoms with Crippen LogP contribution < -0.4 is 15.8 Å². The van der Waals surface area contributed by atoms with Crippen LogP contribution in [-0.4, -0.2) is 66.5 Å². The number of anilines is 1. The molecule has 3 heterocycles. The van der Waals surface area contributed by atoms with Crippen molar-refractivity contribution in [3.05, 3.63) is 89.2 Å². The number of aromatic nitrogens is 1. The molecule has 1 aromatic heterocycles. The van der Waals surface area contributed by atoms with Gasteiger partial charge in [-0.25, -0.2) is 0 Å². The third-order valence-electron chi connectivity index (χ3n) is 6.77. The van der Waals surface area contributed by atoms with Crippen molar-refractivity contribution < 1.29 is 9.53 Å². The Morgan fingerprint density at radius 3 is 2.51 bits per heavy atom. The minimum Gasteiger partial charge on any atom is -0.490 e. The predicted octanol–water partition coefficient (Wildman–Crippen LogP) is 4.20. The molecule has 0 amide bonds. The first-order chi connectivity index (χ1) is 18.1. The van der Waals surface area contributed by atoms with Crippen molar-refractivity contribution in [3.8, 4) is 5.75 Å². The van der Waals surface area contributed by atoms with Gasteiger partial charge in [-0.3, -0.25) is 20.1 Å². The van der Waals surface area contributed by atoms with Crippen LogP contribution in [0.25, 0.3) is 0 Å². The first-order valence-electron chi connectivity index (χ1n) is 12.8. The number of aldehydes is 1. The van der Waals surface area contributed by atoms with Crippen LogP contribution in [0.1, 0.15) is 40.0 Å². The number of carbonyl (C=O) groups is 1. The molecule has 2 fully saturated rings. The van der Waals surface area contributed by atoms with E-state index in [1.807, 2.05) is 49.5 Å². The summed E-state index contributed by atoms with van der Waals surface area (Å²) >= 11 is 0. The standard InChI is InChI=1S/C22H26N3O2P.C7H10N2/c23-21-6-1-15(12-26)11-20(21)22(24)16-2-4-18(5-3-16)27-19-7-9-25(10-8-19)17-13-28-14-17;1-8-6-7-4-2-3-5-9-7/h1-6,11-12,17,19,24,28H,7-10,13-14,23H2;2-5,8H,6H2,1H3. The lowest BCUT2D eigenvalue weighted by Crippen LogP contribution is -2.49. The van der Waals surface area contributed by atoms with Gasteiger partial charge in [0.05, 0.1) is 11.4 Å². The SMILES string of the molecule is CNCc1ccccn1.N=C(c1ccc(OC2CCN(C3CPC3)CC2)cc1)c1cc(C=O)ccc1N. The summed E-state index contributed by atoms with van der Waals surface area (Å²) in [5.41, 5.74) is 9.72. The molecule has 0 atom stereocenters. The monoisotopic (exact) mass is 517 g/mol. The van der Waals surface area contributed by atoms with Crippen molar-refractivity contribution in [3.63, 3.8) is 0 Å². The Labute approximate surface area is 221 Å². The summed E-state index contributed by atoms with van der Waals surface area (Å²) in [6.45, 7) is 3.12. The number of carbonyl (C=O) groups excluding carboxylic acids is 1. The molecule has 2 saturated heterocycles. The van der Waals surface area contributed by atoms with E-state index in [0.717, 1.165) is 61.8 Å². The van der Waals surface area contributed by atoms with E-state index >= 15 is 0 Å². The lowest BCUT2D eigenvalue weighted by molar-refractivity contribution is 0.0834. The highest BCUT2D eigenvalue weighted by Crippen LogP contribution is 2.31. The molecule has 4 N–H and O–H groups in total. The Kier molecular flexibility index (Phi) is 9.78. The molecule has 7 nitrogen and oxygen atoms in total. The highest BCUT2D eigenvalue weighted by molar-refractivity contribution is 7.40. The van der Waals surface area contributed by atoms with Crippen LogP contribution in [0.4, 0.5) is 5.69 Å². The summed E-state index contributed by atoms with van der Waals surface area (Å²) in [4.78, 5) is 17.7. The topological polar surface area (TPSA) is 104 Å². The number of nitrogen functional groups attached to an aromatic ring is 1. The molecule has 37 heavy (non-hydrogen) atoms. The number of hydrogen-bond acceptors (Lipinski definition) is 7. The van der Waals surface area contributed by atoms with Crippen molar-refractivity contribution >= 4 is 26.3 Å². The van der Waals surface area contributed by atoms with Crippen LogP contribution in [0.2, 0.25) is 0 Å². The first-order valence-corrected chi connectivity index (χ1v) is 14.2. The Hall–Kier alpha value is -3.12. The van der Waals surface area contributed by atoms with Crippen molar-refractivity contribution in [2.75, 3.05) is 38.2 Å². The van der Waals surface area contributed by atoms with Crippen LogP contribution in [0.3, 0.4) is 0 Å². The lowest BCUT2D eigenvalue weighted by Gasteiger charge is -2.41. The third-order valence-corrected chi connectivity index (χ3v) is 8.29. The minimum absolute atomic E-state index is 0.268. The van der Waals surface area contributed by atoms with Gasteiger partial charge >= 0.3 is 0 Å². The lowest BCUT2D eigenvalue weighted by atomic mass is 9.99. The number of nitrogens with one attached hydrogen (secondary N) is 2. The molecule has 3 aromatic rings. The van der Waals surface area contributed by atoms with E-state index in [1.54, 1.807) is 24.4 Å². The maximum absolute atomic E-state index is 11.0. The molecule has 2 aliphatic rings. The second-order valence-corrected chi connectivity index (χ2v) is 10.7. The fourth-order valence-electron chi connectivity index (χ4n) is 4.49. The number of nitrogens with zero attached hydrogens (tertiary/aromatic N) is 2.